The van der Waals surface area contributed by atoms with Crippen molar-refractivity contribution < 1.29 is 9.13 Å². The molecule has 1 fully saturated rings. The van der Waals surface area contributed by atoms with Crippen LogP contribution in [-0.2, 0) is 11.3 Å². The highest BCUT2D eigenvalue weighted by molar-refractivity contribution is 5.55. The van der Waals surface area contributed by atoms with E-state index in [1.54, 1.807) is 12.1 Å². The highest BCUT2D eigenvalue weighted by Gasteiger charge is 2.24. The van der Waals surface area contributed by atoms with Crippen molar-refractivity contribution in [3.05, 3.63) is 29.6 Å². The van der Waals surface area contributed by atoms with Crippen LogP contribution in [0, 0.1) is 5.82 Å². The lowest BCUT2D eigenvalue weighted by atomic mass is 10.0. The number of halogens is 1. The molecule has 0 bridgehead atoms. The molecule has 0 amide bonds. The maximum absolute atomic E-state index is 14.3. The van der Waals surface area contributed by atoms with Crippen LogP contribution in [0.15, 0.2) is 18.2 Å². The predicted molar refractivity (Wildman–Crippen MR) is 80.6 cm³/mol. The average Bonchev–Trinajstić information content (AvgIpc) is 2.46. The van der Waals surface area contributed by atoms with Crippen LogP contribution >= 0.6 is 0 Å². The number of ether oxygens (including phenoxy) is 1. The van der Waals surface area contributed by atoms with E-state index in [0.29, 0.717) is 6.54 Å². The van der Waals surface area contributed by atoms with Crippen LogP contribution in [0.3, 0.4) is 0 Å². The lowest BCUT2D eigenvalue weighted by molar-refractivity contribution is 0.0525. The first kappa shape index (κ1) is 15.3. The third-order valence-corrected chi connectivity index (χ3v) is 3.73. The van der Waals surface area contributed by atoms with Gasteiger partial charge in [0.25, 0.3) is 0 Å². The molecular weight excluding hydrogens is 255 g/mol. The van der Waals surface area contributed by atoms with E-state index >= 15 is 0 Å². The number of piperidine rings is 1. The number of nitrogens with one attached hydrogen (secondary N) is 1. The minimum absolute atomic E-state index is 0.127. The van der Waals surface area contributed by atoms with Gasteiger partial charge in [0.1, 0.15) is 5.82 Å². The zero-order valence-corrected chi connectivity index (χ0v) is 12.5. The maximum Gasteiger partial charge on any atom is 0.146 e. The van der Waals surface area contributed by atoms with Gasteiger partial charge in [-0.2, -0.15) is 0 Å². The van der Waals surface area contributed by atoms with Crippen molar-refractivity contribution in [3.8, 4) is 0 Å². The summed E-state index contributed by atoms with van der Waals surface area (Å²) in [5.74, 6) is -0.127. The van der Waals surface area contributed by atoms with Crippen LogP contribution in [0.1, 0.15) is 32.3 Å². The fourth-order valence-electron chi connectivity index (χ4n) is 2.83. The van der Waals surface area contributed by atoms with Crippen molar-refractivity contribution in [1.82, 2.24) is 5.32 Å². The molecule has 20 heavy (non-hydrogen) atoms. The van der Waals surface area contributed by atoms with Gasteiger partial charge in [-0.05, 0) is 37.9 Å². The third kappa shape index (κ3) is 3.70. The molecule has 4 heteroatoms. The topological polar surface area (TPSA) is 24.5 Å². The first-order valence-corrected chi connectivity index (χ1v) is 7.60. The van der Waals surface area contributed by atoms with Crippen molar-refractivity contribution in [1.29, 1.82) is 0 Å². The van der Waals surface area contributed by atoms with E-state index in [2.05, 4.69) is 17.1 Å². The summed E-state index contributed by atoms with van der Waals surface area (Å²) in [6.45, 7) is 8.08. The summed E-state index contributed by atoms with van der Waals surface area (Å²) >= 11 is 0. The Balaban J connectivity index is 2.17. The van der Waals surface area contributed by atoms with Crippen molar-refractivity contribution in [2.24, 2.45) is 0 Å². The Hall–Kier alpha value is -1.13. The molecule has 1 aromatic rings. The van der Waals surface area contributed by atoms with Gasteiger partial charge in [-0.3, -0.25) is 0 Å². The molecule has 3 nitrogen and oxygen atoms in total. The monoisotopic (exact) mass is 280 g/mol. The Morgan fingerprint density at radius 3 is 3.00 bits per heavy atom. The molecule has 2 rings (SSSR count). The summed E-state index contributed by atoms with van der Waals surface area (Å²) in [5.41, 5.74) is 1.78. The number of hydrogen-bond donors (Lipinski definition) is 1. The number of rotatable bonds is 6. The second-order valence-electron chi connectivity index (χ2n) is 5.19. The Kier molecular flexibility index (Phi) is 5.80. The van der Waals surface area contributed by atoms with Gasteiger partial charge in [-0.25, -0.2) is 4.39 Å². The largest absolute Gasteiger partial charge is 0.377 e. The Morgan fingerprint density at radius 1 is 1.40 bits per heavy atom. The first-order chi connectivity index (χ1) is 9.76. The molecule has 1 aromatic carbocycles. The SMILES string of the molecule is CCNCc1cccc(F)c1N1CCCC(OCC)C1. The summed E-state index contributed by atoms with van der Waals surface area (Å²) in [4.78, 5) is 2.14. The van der Waals surface area contributed by atoms with E-state index in [4.69, 9.17) is 4.74 Å². The van der Waals surface area contributed by atoms with E-state index in [1.165, 1.54) is 0 Å². The second kappa shape index (κ2) is 7.60. The molecule has 0 radical (unpaired) electrons. The number of hydrogen-bond acceptors (Lipinski definition) is 3. The average molecular weight is 280 g/mol. The van der Waals surface area contributed by atoms with E-state index in [-0.39, 0.29) is 11.9 Å². The normalized spacial score (nSPS) is 19.4. The van der Waals surface area contributed by atoms with Crippen LogP contribution in [0.25, 0.3) is 0 Å². The molecule has 1 saturated heterocycles. The van der Waals surface area contributed by atoms with Gasteiger partial charge >= 0.3 is 0 Å². The summed E-state index contributed by atoms with van der Waals surface area (Å²) in [6, 6.07) is 5.34. The van der Waals surface area contributed by atoms with Gasteiger partial charge in [-0.15, -0.1) is 0 Å². The number of benzene rings is 1. The van der Waals surface area contributed by atoms with Crippen LogP contribution in [0.5, 0.6) is 0 Å². The van der Waals surface area contributed by atoms with E-state index in [1.807, 2.05) is 13.0 Å². The standard InChI is InChI=1S/C16H25FN2O/c1-3-18-11-13-7-5-9-15(17)16(13)19-10-6-8-14(12-19)20-4-2/h5,7,9,14,18H,3-4,6,8,10-12H2,1-2H3. The lowest BCUT2D eigenvalue weighted by Crippen LogP contribution is -2.40. The molecular formula is C16H25FN2O. The summed E-state index contributed by atoms with van der Waals surface area (Å²) in [5, 5.41) is 3.28. The number of anilines is 1. The molecule has 1 aliphatic rings. The zero-order chi connectivity index (χ0) is 14.4. The summed E-state index contributed by atoms with van der Waals surface area (Å²) in [6.07, 6.45) is 2.35. The fraction of sp³-hybridized carbons (Fsp3) is 0.625. The van der Waals surface area contributed by atoms with Crippen LogP contribution in [-0.4, -0.2) is 32.3 Å². The Morgan fingerprint density at radius 2 is 2.25 bits per heavy atom. The second-order valence-corrected chi connectivity index (χ2v) is 5.19. The molecule has 1 aliphatic heterocycles. The van der Waals surface area contributed by atoms with E-state index in [9.17, 15) is 4.39 Å². The molecule has 1 heterocycles. The third-order valence-electron chi connectivity index (χ3n) is 3.73. The maximum atomic E-state index is 14.3. The summed E-state index contributed by atoms with van der Waals surface area (Å²) in [7, 11) is 0. The van der Waals surface area contributed by atoms with Gasteiger partial charge < -0.3 is 15.0 Å². The van der Waals surface area contributed by atoms with Gasteiger partial charge in [0.05, 0.1) is 11.8 Å². The van der Waals surface area contributed by atoms with Crippen LogP contribution < -0.4 is 10.2 Å². The quantitative estimate of drug-likeness (QED) is 0.867. The molecule has 1 atom stereocenters. The first-order valence-electron chi connectivity index (χ1n) is 7.60. The number of nitrogens with zero attached hydrogens (tertiary/aromatic N) is 1. The fourth-order valence-corrected chi connectivity index (χ4v) is 2.83. The van der Waals surface area contributed by atoms with Crippen molar-refractivity contribution >= 4 is 5.69 Å². The van der Waals surface area contributed by atoms with Crippen molar-refractivity contribution in [3.63, 3.8) is 0 Å². The highest BCUT2D eigenvalue weighted by atomic mass is 19.1. The van der Waals surface area contributed by atoms with Gasteiger partial charge in [-0.1, -0.05) is 19.1 Å². The minimum Gasteiger partial charge on any atom is -0.377 e. The lowest BCUT2D eigenvalue weighted by Gasteiger charge is -2.35. The van der Waals surface area contributed by atoms with E-state index < -0.39 is 0 Å². The Labute approximate surface area is 121 Å². The van der Waals surface area contributed by atoms with Crippen molar-refractivity contribution in [2.45, 2.75) is 39.3 Å². The minimum atomic E-state index is -0.127. The molecule has 0 spiro atoms. The molecule has 1 N–H and O–H groups in total. The Bertz CT molecular complexity index is 423. The highest BCUT2D eigenvalue weighted by Crippen LogP contribution is 2.28. The summed E-state index contributed by atoms with van der Waals surface area (Å²) < 4.78 is 20.0. The van der Waals surface area contributed by atoms with E-state index in [0.717, 1.165) is 50.3 Å². The van der Waals surface area contributed by atoms with Crippen molar-refractivity contribution in [2.75, 3.05) is 31.1 Å². The molecule has 0 saturated carbocycles. The molecule has 1 unspecified atom stereocenters. The molecule has 0 aromatic heterocycles. The zero-order valence-electron chi connectivity index (χ0n) is 12.5. The smallest absolute Gasteiger partial charge is 0.146 e. The molecule has 112 valence electrons. The predicted octanol–water partition coefficient (Wildman–Crippen LogP) is 2.94. The van der Waals surface area contributed by atoms with Gasteiger partial charge in [0.2, 0.25) is 0 Å². The van der Waals surface area contributed by atoms with Crippen LogP contribution in [0.4, 0.5) is 10.1 Å². The van der Waals surface area contributed by atoms with Crippen LogP contribution in [0.2, 0.25) is 0 Å². The molecule has 0 aliphatic carbocycles. The van der Waals surface area contributed by atoms with Gasteiger partial charge in [0, 0.05) is 26.2 Å². The number of para-hydroxylation sites is 1. The van der Waals surface area contributed by atoms with Gasteiger partial charge in [0.15, 0.2) is 0 Å².